The maximum absolute atomic E-state index is 12.9. The van der Waals surface area contributed by atoms with Crippen LogP contribution in [0.2, 0.25) is 0 Å². The first-order valence-electron chi connectivity index (χ1n) is 17.7. The fourth-order valence-corrected chi connectivity index (χ4v) is 8.18. The van der Waals surface area contributed by atoms with Crippen LogP contribution in [-0.2, 0) is 28.5 Å². The smallest absolute Gasteiger partial charge is 0.316 e. The minimum atomic E-state index is -0.566. The summed E-state index contributed by atoms with van der Waals surface area (Å²) in [5.41, 5.74) is 1.79. The molecule has 5 saturated heterocycles. The molecular weight excluding hydrogens is 596 g/mol. The van der Waals surface area contributed by atoms with Crippen LogP contribution in [0, 0.1) is 0 Å². The van der Waals surface area contributed by atoms with Crippen molar-refractivity contribution in [2.45, 2.75) is 119 Å². The zero-order valence-electron chi connectivity index (χ0n) is 28.1. The van der Waals surface area contributed by atoms with Crippen molar-refractivity contribution in [2.75, 3.05) is 33.9 Å². The van der Waals surface area contributed by atoms with Gasteiger partial charge in [0.15, 0.2) is 0 Å². The van der Waals surface area contributed by atoms with Gasteiger partial charge in [0.2, 0.25) is 0 Å². The summed E-state index contributed by atoms with van der Waals surface area (Å²) in [6.45, 7) is 3.00. The molecule has 0 saturated carbocycles. The highest BCUT2D eigenvalue weighted by Crippen LogP contribution is 2.48. The van der Waals surface area contributed by atoms with Gasteiger partial charge in [-0.2, -0.15) is 0 Å². The van der Waals surface area contributed by atoms with E-state index in [1.807, 2.05) is 60.7 Å². The Hall–Kier alpha value is -2.82. The maximum Gasteiger partial charge on any atom is 0.316 e. The van der Waals surface area contributed by atoms with E-state index in [1.165, 1.54) is 12.8 Å². The summed E-state index contributed by atoms with van der Waals surface area (Å²) in [6.07, 6.45) is 8.81. The molecule has 2 aromatic carbocycles. The number of hydrogen-bond acceptors (Lipinski definition) is 9. The predicted octanol–water partition coefficient (Wildman–Crippen LogP) is 4.67. The Balaban J connectivity index is 0.000000168. The molecule has 5 aliphatic heterocycles. The van der Waals surface area contributed by atoms with Crippen LogP contribution in [-0.4, -0.2) is 109 Å². The second-order valence-corrected chi connectivity index (χ2v) is 14.0. The Bertz CT molecular complexity index is 1280. The Labute approximate surface area is 279 Å². The summed E-state index contributed by atoms with van der Waals surface area (Å²) in [4.78, 5) is 30.1. The quantitative estimate of drug-likeness (QED) is 0.200. The lowest BCUT2D eigenvalue weighted by atomic mass is 9.97. The molecule has 0 amide bonds. The predicted molar refractivity (Wildman–Crippen MR) is 178 cm³/mol. The number of carbonyl (C=O) groups excluding carboxylic acids is 2. The van der Waals surface area contributed by atoms with Crippen LogP contribution in [0.25, 0.3) is 0 Å². The Morgan fingerprint density at radius 2 is 1.30 bits per heavy atom. The molecule has 256 valence electrons. The standard InChI is InChI=1S/C21H29NO4.C17H23NO3/c1-3-4-10-24-13-16(14-8-6-5-7-9-14)21(23)25-15-11-17-19-20(26-19)18(12-15)22(17)2;1-18-13-7-8-14(18)10-15(9-13)21-17(20)16(11-19)12-5-3-2-4-6-12/h5-9,15-20H,3-4,10-13H2,1-2H3;2-6,13-16,19H,7-11H2,1H3/t15?,16-,17-,18+,19-,20+;13-,14+,15?,16-/m11/s1. The van der Waals surface area contributed by atoms with Gasteiger partial charge >= 0.3 is 11.9 Å². The number of carbonyl (C=O) groups is 2. The van der Waals surface area contributed by atoms with Gasteiger partial charge in [-0.05, 0) is 57.3 Å². The van der Waals surface area contributed by atoms with Crippen LogP contribution in [0.1, 0.15) is 81.3 Å². The molecule has 5 fully saturated rings. The lowest BCUT2D eigenvalue weighted by Crippen LogP contribution is -2.48. The van der Waals surface area contributed by atoms with E-state index in [0.717, 1.165) is 49.7 Å². The minimum absolute atomic E-state index is 0.00367. The van der Waals surface area contributed by atoms with Gasteiger partial charge in [0.25, 0.3) is 0 Å². The second kappa shape index (κ2) is 15.6. The lowest BCUT2D eigenvalue weighted by molar-refractivity contribution is -0.157. The van der Waals surface area contributed by atoms with E-state index in [0.29, 0.717) is 49.6 Å². The van der Waals surface area contributed by atoms with Gasteiger partial charge in [0.1, 0.15) is 36.3 Å². The van der Waals surface area contributed by atoms with E-state index in [-0.39, 0.29) is 36.7 Å². The van der Waals surface area contributed by atoms with E-state index >= 15 is 0 Å². The van der Waals surface area contributed by atoms with Crippen molar-refractivity contribution < 1.29 is 33.6 Å². The number of benzene rings is 2. The third kappa shape index (κ3) is 7.92. The molecule has 4 bridgehead atoms. The largest absolute Gasteiger partial charge is 0.462 e. The average Bonchev–Trinajstić information content (AvgIpc) is 3.82. The lowest BCUT2D eigenvalue weighted by Gasteiger charge is -2.38. The summed E-state index contributed by atoms with van der Waals surface area (Å²) in [6, 6.07) is 21.1. The molecule has 1 N–H and O–H groups in total. The Morgan fingerprint density at radius 3 is 1.83 bits per heavy atom. The van der Waals surface area contributed by atoms with E-state index in [9.17, 15) is 14.7 Å². The number of piperidine rings is 2. The fraction of sp³-hybridized carbons (Fsp3) is 0.632. The number of aliphatic hydroxyl groups excluding tert-OH is 1. The normalized spacial score (nSPS) is 32.0. The van der Waals surface area contributed by atoms with Gasteiger partial charge in [-0.1, -0.05) is 74.0 Å². The van der Waals surface area contributed by atoms with Gasteiger partial charge in [0, 0.05) is 43.6 Å². The van der Waals surface area contributed by atoms with Crippen LogP contribution >= 0.6 is 0 Å². The van der Waals surface area contributed by atoms with Gasteiger partial charge in [-0.3, -0.25) is 14.5 Å². The van der Waals surface area contributed by atoms with Crippen molar-refractivity contribution >= 4 is 11.9 Å². The fourth-order valence-electron chi connectivity index (χ4n) is 8.18. The van der Waals surface area contributed by atoms with Crippen LogP contribution in [0.3, 0.4) is 0 Å². The zero-order valence-corrected chi connectivity index (χ0v) is 28.1. The van der Waals surface area contributed by atoms with Gasteiger partial charge in [-0.15, -0.1) is 0 Å². The van der Waals surface area contributed by atoms with E-state index < -0.39 is 5.92 Å². The second-order valence-electron chi connectivity index (χ2n) is 14.0. The summed E-state index contributed by atoms with van der Waals surface area (Å²) in [5.74, 6) is -1.37. The van der Waals surface area contributed by atoms with Crippen LogP contribution < -0.4 is 0 Å². The van der Waals surface area contributed by atoms with E-state index in [2.05, 4.69) is 30.8 Å². The molecule has 10 atom stereocenters. The van der Waals surface area contributed by atoms with Crippen LogP contribution in [0.5, 0.6) is 0 Å². The number of likely N-dealkylation sites (N-methyl/N-ethyl adjacent to an activating group) is 1. The third-order valence-corrected chi connectivity index (χ3v) is 11.1. The number of ether oxygens (including phenoxy) is 4. The maximum atomic E-state index is 12.9. The average molecular weight is 649 g/mol. The highest BCUT2D eigenvalue weighted by molar-refractivity contribution is 5.79. The molecule has 0 radical (unpaired) electrons. The molecule has 9 heteroatoms. The van der Waals surface area contributed by atoms with Gasteiger partial charge < -0.3 is 29.0 Å². The molecule has 7 rings (SSSR count). The summed E-state index contributed by atoms with van der Waals surface area (Å²) in [7, 11) is 4.33. The molecule has 5 heterocycles. The van der Waals surface area contributed by atoms with Gasteiger partial charge in [0.05, 0.1) is 13.2 Å². The van der Waals surface area contributed by atoms with Crippen molar-refractivity contribution in [1.29, 1.82) is 0 Å². The number of fused-ring (bicyclic) bond motifs is 7. The highest BCUT2D eigenvalue weighted by Gasteiger charge is 2.63. The first-order chi connectivity index (χ1) is 22.9. The minimum Gasteiger partial charge on any atom is -0.462 e. The van der Waals surface area contributed by atoms with E-state index in [4.69, 9.17) is 18.9 Å². The third-order valence-electron chi connectivity index (χ3n) is 11.1. The molecule has 2 unspecified atom stereocenters. The van der Waals surface area contributed by atoms with Crippen molar-refractivity contribution in [1.82, 2.24) is 9.80 Å². The van der Waals surface area contributed by atoms with Gasteiger partial charge in [-0.25, -0.2) is 0 Å². The monoisotopic (exact) mass is 648 g/mol. The number of epoxide rings is 1. The topological polar surface area (TPSA) is 101 Å². The number of hydrogen-bond donors (Lipinski definition) is 1. The number of nitrogens with zero attached hydrogens (tertiary/aromatic N) is 2. The van der Waals surface area contributed by atoms with Crippen LogP contribution in [0.4, 0.5) is 0 Å². The molecular formula is C38H52N2O7. The van der Waals surface area contributed by atoms with Crippen LogP contribution in [0.15, 0.2) is 60.7 Å². The van der Waals surface area contributed by atoms with Crippen molar-refractivity contribution in [2.24, 2.45) is 0 Å². The Kier molecular flexibility index (Phi) is 11.3. The molecule has 0 aliphatic carbocycles. The molecule has 0 aromatic heterocycles. The number of unbranched alkanes of at least 4 members (excludes halogenated alkanes) is 1. The highest BCUT2D eigenvalue weighted by atomic mass is 16.6. The van der Waals surface area contributed by atoms with Crippen molar-refractivity contribution in [3.8, 4) is 0 Å². The first kappa shape index (κ1) is 34.1. The van der Waals surface area contributed by atoms with Crippen molar-refractivity contribution in [3.63, 3.8) is 0 Å². The SMILES string of the molecule is CCCCOC[C@@H](C(=O)OC1C[C@@H]2[C@H]3O[C@H]3[C@H](C1)N2C)c1ccccc1.CN1[C@@H]2CC[C@H]1CC(OC(=O)[C@H](CO)c1ccccc1)C2. The summed E-state index contributed by atoms with van der Waals surface area (Å²) >= 11 is 0. The Morgan fingerprint density at radius 1 is 0.787 bits per heavy atom. The molecule has 9 nitrogen and oxygen atoms in total. The van der Waals surface area contributed by atoms with E-state index in [1.54, 1.807) is 0 Å². The molecule has 0 spiro atoms. The number of esters is 2. The molecule has 2 aromatic rings. The molecule has 5 aliphatic rings. The first-order valence-corrected chi connectivity index (χ1v) is 17.7. The summed E-state index contributed by atoms with van der Waals surface area (Å²) in [5, 5.41) is 9.53. The zero-order chi connectivity index (χ0) is 32.9. The summed E-state index contributed by atoms with van der Waals surface area (Å²) < 4.78 is 23.2. The van der Waals surface area contributed by atoms with Crippen molar-refractivity contribution in [3.05, 3.63) is 71.8 Å². The number of rotatable bonds is 12. The molecule has 47 heavy (non-hydrogen) atoms. The number of aliphatic hydroxyl groups is 1. The number of morpholine rings is 1.